The summed E-state index contributed by atoms with van der Waals surface area (Å²) in [7, 11) is 0. The molecule has 0 aliphatic heterocycles. The molecule has 0 aromatic heterocycles. The summed E-state index contributed by atoms with van der Waals surface area (Å²) >= 11 is 0. The molecule has 2 amide bonds. The lowest BCUT2D eigenvalue weighted by molar-refractivity contribution is -0.144. The van der Waals surface area contributed by atoms with Crippen molar-refractivity contribution in [1.29, 1.82) is 0 Å². The van der Waals surface area contributed by atoms with Crippen LogP contribution < -0.4 is 10.6 Å². The van der Waals surface area contributed by atoms with Crippen LogP contribution in [0.25, 0.3) is 0 Å². The molecule has 0 aromatic rings. The Hall–Kier alpha value is -3.18. The van der Waals surface area contributed by atoms with E-state index in [-0.39, 0.29) is 38.5 Å². The third kappa shape index (κ3) is 13.9. The molecule has 0 unspecified atom stereocenters. The van der Waals surface area contributed by atoms with Gasteiger partial charge in [0.05, 0.1) is 0 Å². The first-order chi connectivity index (χ1) is 14.0. The zero-order chi connectivity index (χ0) is 23.1. The van der Waals surface area contributed by atoms with E-state index >= 15 is 0 Å². The molecule has 170 valence electrons. The maximum absolute atomic E-state index is 11.8. The number of amides is 2. The predicted molar refractivity (Wildman–Crippen MR) is 101 cm³/mol. The standard InChI is InChI=1S/C18H28N2O10/c21-13(19-11(17(27)28)7-9-15(23)24)5-3-1-2-4-6-14(22)20-12(18(29)30)8-10-16(25)26/h11-12H,1-10H2,(H,19,21)(H,20,22)(H,23,24)(H,25,26)(H,27,28)(H,29,30)/t11-,12+. The molecule has 0 aliphatic rings. The topological polar surface area (TPSA) is 207 Å². The molecule has 12 heteroatoms. The van der Waals surface area contributed by atoms with Crippen molar-refractivity contribution in [2.45, 2.75) is 76.3 Å². The molecule has 0 bridgehead atoms. The average Bonchev–Trinajstić information content (AvgIpc) is 2.63. The van der Waals surface area contributed by atoms with Gasteiger partial charge in [0, 0.05) is 25.7 Å². The quantitative estimate of drug-likeness (QED) is 0.172. The Balaban J connectivity index is 4.03. The Morgan fingerprint density at radius 1 is 0.533 bits per heavy atom. The van der Waals surface area contributed by atoms with Gasteiger partial charge in [-0.05, 0) is 25.7 Å². The summed E-state index contributed by atoms with van der Waals surface area (Å²) in [4.78, 5) is 66.5. The highest BCUT2D eigenvalue weighted by Crippen LogP contribution is 2.07. The number of nitrogens with one attached hydrogen (secondary N) is 2. The SMILES string of the molecule is O=C(O)CC[C@H](NC(=O)CCCCCCC(=O)N[C@H](CCC(=O)O)C(=O)O)C(=O)O. The number of hydrogen-bond donors (Lipinski definition) is 6. The summed E-state index contributed by atoms with van der Waals surface area (Å²) < 4.78 is 0. The summed E-state index contributed by atoms with van der Waals surface area (Å²) in [6, 6.07) is -2.53. The van der Waals surface area contributed by atoms with Crippen molar-refractivity contribution < 1.29 is 49.2 Å². The molecular formula is C18H28N2O10. The van der Waals surface area contributed by atoms with Crippen LogP contribution in [0, 0.1) is 0 Å². The molecule has 0 aliphatic carbocycles. The zero-order valence-corrected chi connectivity index (χ0v) is 16.5. The zero-order valence-electron chi connectivity index (χ0n) is 16.5. The Morgan fingerprint density at radius 2 is 0.867 bits per heavy atom. The number of carbonyl (C=O) groups excluding carboxylic acids is 2. The summed E-state index contributed by atoms with van der Waals surface area (Å²) in [6.45, 7) is 0. The number of carbonyl (C=O) groups is 6. The van der Waals surface area contributed by atoms with Gasteiger partial charge in [-0.1, -0.05) is 12.8 Å². The lowest BCUT2D eigenvalue weighted by atomic mass is 10.1. The van der Waals surface area contributed by atoms with Gasteiger partial charge in [-0.2, -0.15) is 0 Å². The second-order valence-electron chi connectivity index (χ2n) is 6.70. The van der Waals surface area contributed by atoms with E-state index in [2.05, 4.69) is 10.6 Å². The molecule has 6 N–H and O–H groups in total. The molecule has 12 nitrogen and oxygen atoms in total. The number of rotatable bonds is 17. The van der Waals surface area contributed by atoms with Crippen LogP contribution >= 0.6 is 0 Å². The number of carboxylic acids is 4. The lowest BCUT2D eigenvalue weighted by Crippen LogP contribution is -2.41. The van der Waals surface area contributed by atoms with E-state index in [0.717, 1.165) is 0 Å². The Morgan fingerprint density at radius 3 is 1.13 bits per heavy atom. The van der Waals surface area contributed by atoms with Crippen LogP contribution in [0.1, 0.15) is 64.2 Å². The minimum atomic E-state index is -1.31. The normalized spacial score (nSPS) is 12.4. The molecule has 0 saturated carbocycles. The van der Waals surface area contributed by atoms with Gasteiger partial charge in [0.1, 0.15) is 12.1 Å². The molecule has 0 aromatic carbocycles. The van der Waals surface area contributed by atoms with Crippen LogP contribution in [0.2, 0.25) is 0 Å². The minimum absolute atomic E-state index is 0.0549. The van der Waals surface area contributed by atoms with Crippen molar-refractivity contribution in [3.05, 3.63) is 0 Å². The molecule has 0 heterocycles. The number of aliphatic carboxylic acids is 4. The molecular weight excluding hydrogens is 404 g/mol. The van der Waals surface area contributed by atoms with Gasteiger partial charge < -0.3 is 31.1 Å². The molecule has 0 saturated heterocycles. The number of hydrogen-bond acceptors (Lipinski definition) is 6. The van der Waals surface area contributed by atoms with Crippen molar-refractivity contribution in [3.63, 3.8) is 0 Å². The Bertz CT molecular complexity index is 580. The molecule has 0 fully saturated rings. The number of carboxylic acid groups (broad SMARTS) is 4. The molecule has 0 spiro atoms. The smallest absolute Gasteiger partial charge is 0.326 e. The third-order valence-corrected chi connectivity index (χ3v) is 4.12. The highest BCUT2D eigenvalue weighted by molar-refractivity contribution is 5.84. The van der Waals surface area contributed by atoms with E-state index in [1.165, 1.54) is 0 Å². The molecule has 2 atom stereocenters. The largest absolute Gasteiger partial charge is 0.481 e. The van der Waals surface area contributed by atoms with Crippen LogP contribution in [0.5, 0.6) is 0 Å². The second-order valence-corrected chi connectivity index (χ2v) is 6.70. The molecule has 0 rings (SSSR count). The lowest BCUT2D eigenvalue weighted by Gasteiger charge is -2.14. The van der Waals surface area contributed by atoms with Gasteiger partial charge in [0.15, 0.2) is 0 Å². The van der Waals surface area contributed by atoms with Gasteiger partial charge in [0.25, 0.3) is 0 Å². The van der Waals surface area contributed by atoms with Crippen LogP contribution in [0.4, 0.5) is 0 Å². The van der Waals surface area contributed by atoms with Gasteiger partial charge in [-0.25, -0.2) is 9.59 Å². The summed E-state index contributed by atoms with van der Waals surface area (Å²) in [6.07, 6.45) is 0.966. The predicted octanol–water partition coefficient (Wildman–Crippen LogP) is 0.195. The monoisotopic (exact) mass is 432 g/mol. The van der Waals surface area contributed by atoms with Crippen molar-refractivity contribution in [3.8, 4) is 0 Å². The highest BCUT2D eigenvalue weighted by atomic mass is 16.4. The van der Waals surface area contributed by atoms with Gasteiger partial charge in [0.2, 0.25) is 11.8 Å². The maximum Gasteiger partial charge on any atom is 0.326 e. The van der Waals surface area contributed by atoms with Crippen LogP contribution in [0.15, 0.2) is 0 Å². The van der Waals surface area contributed by atoms with Crippen molar-refractivity contribution >= 4 is 35.7 Å². The second kappa shape index (κ2) is 14.8. The summed E-state index contributed by atoms with van der Waals surface area (Å²) in [5.74, 6) is -5.94. The van der Waals surface area contributed by atoms with E-state index in [1.807, 2.05) is 0 Å². The maximum atomic E-state index is 11.8. The third-order valence-electron chi connectivity index (χ3n) is 4.12. The minimum Gasteiger partial charge on any atom is -0.481 e. The first kappa shape index (κ1) is 26.8. The fourth-order valence-corrected chi connectivity index (χ4v) is 2.51. The van der Waals surface area contributed by atoms with Crippen LogP contribution in [-0.4, -0.2) is 68.2 Å². The van der Waals surface area contributed by atoms with E-state index in [4.69, 9.17) is 20.4 Å². The first-order valence-electron chi connectivity index (χ1n) is 9.50. The van der Waals surface area contributed by atoms with Gasteiger partial charge in [-0.3, -0.25) is 19.2 Å². The fraction of sp³-hybridized carbons (Fsp3) is 0.667. The Labute approximate surface area is 172 Å². The van der Waals surface area contributed by atoms with E-state index in [0.29, 0.717) is 25.7 Å². The molecule has 30 heavy (non-hydrogen) atoms. The van der Waals surface area contributed by atoms with Crippen LogP contribution in [0.3, 0.4) is 0 Å². The fourth-order valence-electron chi connectivity index (χ4n) is 2.51. The molecule has 0 radical (unpaired) electrons. The van der Waals surface area contributed by atoms with E-state index in [1.54, 1.807) is 0 Å². The average molecular weight is 432 g/mol. The van der Waals surface area contributed by atoms with Gasteiger partial charge >= 0.3 is 23.9 Å². The first-order valence-corrected chi connectivity index (χ1v) is 9.50. The van der Waals surface area contributed by atoms with E-state index in [9.17, 15) is 28.8 Å². The van der Waals surface area contributed by atoms with E-state index < -0.39 is 47.8 Å². The van der Waals surface area contributed by atoms with Gasteiger partial charge in [-0.15, -0.1) is 0 Å². The van der Waals surface area contributed by atoms with Crippen molar-refractivity contribution in [1.82, 2.24) is 10.6 Å². The summed E-state index contributed by atoms with van der Waals surface area (Å²) in [5.41, 5.74) is 0. The van der Waals surface area contributed by atoms with Crippen LogP contribution in [-0.2, 0) is 28.8 Å². The Kier molecular flexibility index (Phi) is 13.2. The number of unbranched alkanes of at least 4 members (excludes halogenated alkanes) is 3. The van der Waals surface area contributed by atoms with Crippen molar-refractivity contribution in [2.75, 3.05) is 0 Å². The highest BCUT2D eigenvalue weighted by Gasteiger charge is 2.21. The summed E-state index contributed by atoms with van der Waals surface area (Å²) in [5, 5.41) is 39.6. The van der Waals surface area contributed by atoms with Crippen molar-refractivity contribution in [2.24, 2.45) is 0 Å².